The quantitative estimate of drug-likeness (QED) is 0.752. The Balaban J connectivity index is 2.45. The predicted molar refractivity (Wildman–Crippen MR) is 67.9 cm³/mol. The summed E-state index contributed by atoms with van der Waals surface area (Å²) in [6.45, 7) is 4.43. The molecule has 1 atom stereocenters. The fourth-order valence-electron chi connectivity index (χ4n) is 1.48. The Labute approximate surface area is 111 Å². The lowest BCUT2D eigenvalue weighted by Gasteiger charge is -2.25. The Morgan fingerprint density at radius 3 is 2.74 bits per heavy atom. The second-order valence-electron chi connectivity index (χ2n) is 4.35. The first kappa shape index (κ1) is 15.2. The van der Waals surface area contributed by atoms with Crippen LogP contribution in [0.15, 0.2) is 12.5 Å². The molecule has 0 spiro atoms. The molecule has 0 fully saturated rings. The van der Waals surface area contributed by atoms with Crippen LogP contribution < -0.4 is 5.32 Å². The molecule has 1 rings (SSSR count). The maximum Gasteiger partial charge on any atom is 0.356 e. The molecule has 0 aliphatic carbocycles. The van der Waals surface area contributed by atoms with Gasteiger partial charge >= 0.3 is 5.97 Å². The number of rotatable bonds is 7. The normalized spacial score (nSPS) is 13.8. The maximum absolute atomic E-state index is 11.9. The van der Waals surface area contributed by atoms with E-state index in [-0.39, 0.29) is 11.6 Å². The smallest absolute Gasteiger partial charge is 0.356 e. The summed E-state index contributed by atoms with van der Waals surface area (Å²) in [5.41, 5.74) is -0.845. The molecule has 1 unspecified atom stereocenters. The topological polar surface area (TPSA) is 93.5 Å². The maximum atomic E-state index is 11.9. The van der Waals surface area contributed by atoms with Crippen molar-refractivity contribution in [1.82, 2.24) is 14.9 Å². The molecule has 7 nitrogen and oxygen atoms in total. The zero-order valence-electron chi connectivity index (χ0n) is 11.3. The van der Waals surface area contributed by atoms with Crippen LogP contribution in [0.25, 0.3) is 0 Å². The van der Waals surface area contributed by atoms with Crippen molar-refractivity contribution in [2.75, 3.05) is 13.7 Å². The number of imidazole rings is 1. The fourth-order valence-corrected chi connectivity index (χ4v) is 1.48. The Hall–Kier alpha value is -1.89. The summed E-state index contributed by atoms with van der Waals surface area (Å²) < 4.78 is 6.79. The Morgan fingerprint density at radius 2 is 2.26 bits per heavy atom. The fraction of sp³-hybridized carbons (Fsp3) is 0.583. The van der Waals surface area contributed by atoms with E-state index in [1.54, 1.807) is 11.5 Å². The average molecular weight is 269 g/mol. The SMILES string of the molecule is CCC(C)(OC)C(=O)NCCn1cnc(C(=O)O)c1. The minimum absolute atomic E-state index is 0.0124. The van der Waals surface area contributed by atoms with E-state index in [2.05, 4.69) is 10.3 Å². The number of nitrogens with one attached hydrogen (secondary N) is 1. The van der Waals surface area contributed by atoms with Crippen LogP contribution in [0.3, 0.4) is 0 Å². The molecule has 7 heteroatoms. The highest BCUT2D eigenvalue weighted by Gasteiger charge is 2.30. The van der Waals surface area contributed by atoms with Crippen molar-refractivity contribution in [3.05, 3.63) is 18.2 Å². The number of aromatic nitrogens is 2. The third-order valence-corrected chi connectivity index (χ3v) is 3.11. The lowest BCUT2D eigenvalue weighted by atomic mass is 10.0. The number of methoxy groups -OCH3 is 1. The largest absolute Gasteiger partial charge is 0.476 e. The van der Waals surface area contributed by atoms with E-state index in [9.17, 15) is 9.59 Å². The predicted octanol–water partition coefficient (Wildman–Crippen LogP) is 0.513. The number of nitrogens with zero attached hydrogens (tertiary/aromatic N) is 2. The van der Waals surface area contributed by atoms with Gasteiger partial charge in [-0.05, 0) is 13.3 Å². The molecule has 19 heavy (non-hydrogen) atoms. The molecule has 1 heterocycles. The third kappa shape index (κ3) is 3.78. The standard InChI is InChI=1S/C12H19N3O4/c1-4-12(2,19-3)11(18)13-5-6-15-7-9(10(16)17)14-8-15/h7-8H,4-6H2,1-3H3,(H,13,18)(H,16,17). The summed E-state index contributed by atoms with van der Waals surface area (Å²) in [4.78, 5) is 26.2. The zero-order valence-corrected chi connectivity index (χ0v) is 11.3. The van der Waals surface area contributed by atoms with Gasteiger partial charge in [-0.25, -0.2) is 9.78 Å². The van der Waals surface area contributed by atoms with Crippen LogP contribution in [0.4, 0.5) is 0 Å². The van der Waals surface area contributed by atoms with Gasteiger partial charge in [0.15, 0.2) is 5.69 Å². The van der Waals surface area contributed by atoms with Gasteiger partial charge in [-0.3, -0.25) is 4.79 Å². The van der Waals surface area contributed by atoms with E-state index < -0.39 is 11.6 Å². The van der Waals surface area contributed by atoms with Gasteiger partial charge in [-0.2, -0.15) is 0 Å². The number of hydrogen-bond donors (Lipinski definition) is 2. The molecule has 1 aromatic rings. The molecular formula is C12H19N3O4. The van der Waals surface area contributed by atoms with Gasteiger partial charge in [0.25, 0.3) is 5.91 Å². The number of ether oxygens (including phenoxy) is 1. The molecule has 0 bridgehead atoms. The number of carboxylic acid groups (broad SMARTS) is 1. The second kappa shape index (κ2) is 6.33. The van der Waals surface area contributed by atoms with E-state index in [4.69, 9.17) is 9.84 Å². The van der Waals surface area contributed by atoms with Gasteiger partial charge in [0.1, 0.15) is 5.60 Å². The molecule has 1 aromatic heterocycles. The van der Waals surface area contributed by atoms with E-state index >= 15 is 0 Å². The molecule has 106 valence electrons. The van der Waals surface area contributed by atoms with Crippen molar-refractivity contribution in [2.45, 2.75) is 32.4 Å². The summed E-state index contributed by atoms with van der Waals surface area (Å²) in [6, 6.07) is 0. The molecule has 0 aliphatic heterocycles. The van der Waals surface area contributed by atoms with E-state index in [1.807, 2.05) is 6.92 Å². The molecule has 1 amide bonds. The summed E-state index contributed by atoms with van der Waals surface area (Å²) >= 11 is 0. The third-order valence-electron chi connectivity index (χ3n) is 3.11. The molecular weight excluding hydrogens is 250 g/mol. The molecule has 0 aliphatic rings. The second-order valence-corrected chi connectivity index (χ2v) is 4.35. The summed E-state index contributed by atoms with van der Waals surface area (Å²) in [6.07, 6.45) is 3.42. The number of aromatic carboxylic acids is 1. The minimum Gasteiger partial charge on any atom is -0.476 e. The minimum atomic E-state index is -1.07. The Morgan fingerprint density at radius 1 is 1.58 bits per heavy atom. The van der Waals surface area contributed by atoms with Crippen LogP contribution in [-0.4, -0.2) is 45.8 Å². The van der Waals surface area contributed by atoms with Gasteiger partial charge in [0.2, 0.25) is 0 Å². The highest BCUT2D eigenvalue weighted by Crippen LogP contribution is 2.13. The van der Waals surface area contributed by atoms with Crippen molar-refractivity contribution in [3.8, 4) is 0 Å². The van der Waals surface area contributed by atoms with Crippen LogP contribution in [0.1, 0.15) is 30.8 Å². The zero-order chi connectivity index (χ0) is 14.5. The van der Waals surface area contributed by atoms with E-state index in [1.165, 1.54) is 19.6 Å². The van der Waals surface area contributed by atoms with Crippen LogP contribution in [0.5, 0.6) is 0 Å². The molecule has 0 radical (unpaired) electrons. The monoisotopic (exact) mass is 269 g/mol. The summed E-state index contributed by atoms with van der Waals surface area (Å²) in [7, 11) is 1.50. The average Bonchev–Trinajstić information content (AvgIpc) is 2.86. The molecule has 2 N–H and O–H groups in total. The van der Waals surface area contributed by atoms with Gasteiger partial charge in [0, 0.05) is 26.4 Å². The van der Waals surface area contributed by atoms with Gasteiger partial charge in [0.05, 0.1) is 6.33 Å². The first-order valence-corrected chi connectivity index (χ1v) is 6.01. The first-order chi connectivity index (χ1) is 8.92. The Kier molecular flexibility index (Phi) is 5.05. The van der Waals surface area contributed by atoms with Crippen molar-refractivity contribution in [1.29, 1.82) is 0 Å². The van der Waals surface area contributed by atoms with E-state index in [0.717, 1.165) is 0 Å². The highest BCUT2D eigenvalue weighted by atomic mass is 16.5. The van der Waals surface area contributed by atoms with Gasteiger partial charge < -0.3 is 19.7 Å². The number of amides is 1. The lowest BCUT2D eigenvalue weighted by Crippen LogP contribution is -2.46. The summed E-state index contributed by atoms with van der Waals surface area (Å²) in [5, 5.41) is 11.5. The van der Waals surface area contributed by atoms with Gasteiger partial charge in [-0.15, -0.1) is 0 Å². The van der Waals surface area contributed by atoms with Crippen LogP contribution in [0, 0.1) is 0 Å². The van der Waals surface area contributed by atoms with Crippen molar-refractivity contribution in [2.24, 2.45) is 0 Å². The van der Waals surface area contributed by atoms with Crippen molar-refractivity contribution in [3.63, 3.8) is 0 Å². The molecule has 0 aromatic carbocycles. The van der Waals surface area contributed by atoms with Crippen LogP contribution in [-0.2, 0) is 16.1 Å². The number of carbonyl (C=O) groups is 2. The highest BCUT2D eigenvalue weighted by molar-refractivity contribution is 5.85. The number of carboxylic acids is 1. The Bertz CT molecular complexity index is 452. The van der Waals surface area contributed by atoms with Crippen molar-refractivity contribution < 1.29 is 19.4 Å². The van der Waals surface area contributed by atoms with E-state index in [0.29, 0.717) is 19.5 Å². The molecule has 0 saturated heterocycles. The van der Waals surface area contributed by atoms with Crippen LogP contribution >= 0.6 is 0 Å². The number of hydrogen-bond acceptors (Lipinski definition) is 4. The first-order valence-electron chi connectivity index (χ1n) is 6.01. The van der Waals surface area contributed by atoms with Crippen molar-refractivity contribution >= 4 is 11.9 Å². The summed E-state index contributed by atoms with van der Waals surface area (Å²) in [5.74, 6) is -1.25. The van der Waals surface area contributed by atoms with Crippen LogP contribution in [0.2, 0.25) is 0 Å². The van der Waals surface area contributed by atoms with Gasteiger partial charge in [-0.1, -0.05) is 6.92 Å². The number of carbonyl (C=O) groups excluding carboxylic acids is 1. The molecule has 0 saturated carbocycles. The lowest BCUT2D eigenvalue weighted by molar-refractivity contribution is -0.141.